The molecule has 0 aliphatic carbocycles. The van der Waals surface area contributed by atoms with Gasteiger partial charge in [0.15, 0.2) is 0 Å². The van der Waals surface area contributed by atoms with Crippen molar-refractivity contribution in [1.82, 2.24) is 9.21 Å². The van der Waals surface area contributed by atoms with Gasteiger partial charge in [0.1, 0.15) is 5.75 Å². The van der Waals surface area contributed by atoms with Crippen molar-refractivity contribution in [3.8, 4) is 5.75 Å². The van der Waals surface area contributed by atoms with Gasteiger partial charge in [-0.1, -0.05) is 47.0 Å². The molecule has 37 heavy (non-hydrogen) atoms. The molecule has 0 N–H and O–H groups in total. The van der Waals surface area contributed by atoms with Gasteiger partial charge in [-0.05, 0) is 61.0 Å². The predicted molar refractivity (Wildman–Crippen MR) is 147 cm³/mol. The second-order valence-electron chi connectivity index (χ2n) is 8.89. The number of ether oxygens (including phenoxy) is 1. The molecule has 0 radical (unpaired) electrons. The van der Waals surface area contributed by atoms with Crippen molar-refractivity contribution in [2.75, 3.05) is 44.7 Å². The molecule has 0 spiro atoms. The Bertz CT molecular complexity index is 1340. The fourth-order valence-corrected chi connectivity index (χ4v) is 6.02. The van der Waals surface area contributed by atoms with Gasteiger partial charge < -0.3 is 14.5 Å². The van der Waals surface area contributed by atoms with Crippen molar-refractivity contribution in [1.29, 1.82) is 0 Å². The molecular formula is C27H29Cl2N3O4S. The van der Waals surface area contributed by atoms with Gasteiger partial charge in [0.2, 0.25) is 15.9 Å². The molecule has 0 unspecified atom stereocenters. The molecule has 1 amide bonds. The highest BCUT2D eigenvalue weighted by Gasteiger charge is 2.30. The van der Waals surface area contributed by atoms with E-state index in [1.165, 1.54) is 4.31 Å². The van der Waals surface area contributed by atoms with E-state index in [0.29, 0.717) is 41.8 Å². The Morgan fingerprint density at radius 2 is 1.59 bits per heavy atom. The highest BCUT2D eigenvalue weighted by atomic mass is 35.5. The number of piperazine rings is 1. The number of hydrogen-bond acceptors (Lipinski definition) is 5. The molecule has 1 saturated heterocycles. The van der Waals surface area contributed by atoms with Crippen LogP contribution in [-0.4, -0.2) is 63.4 Å². The lowest BCUT2D eigenvalue weighted by molar-refractivity contribution is -0.131. The summed E-state index contributed by atoms with van der Waals surface area (Å²) >= 11 is 12.4. The number of hydrogen-bond donors (Lipinski definition) is 0. The maximum absolute atomic E-state index is 13.6. The van der Waals surface area contributed by atoms with E-state index in [-0.39, 0.29) is 23.9 Å². The number of halogens is 2. The average molecular weight is 563 g/mol. The van der Waals surface area contributed by atoms with E-state index in [1.807, 2.05) is 31.2 Å². The molecule has 10 heteroatoms. The van der Waals surface area contributed by atoms with Crippen LogP contribution in [-0.2, 0) is 21.4 Å². The Balaban J connectivity index is 1.50. The smallest absolute Gasteiger partial charge is 0.243 e. The van der Waals surface area contributed by atoms with Crippen molar-refractivity contribution in [2.24, 2.45) is 0 Å². The number of nitrogens with zero attached hydrogens (tertiary/aromatic N) is 3. The van der Waals surface area contributed by atoms with Crippen LogP contribution in [0.15, 0.2) is 71.6 Å². The average Bonchev–Trinajstić information content (AvgIpc) is 2.90. The van der Waals surface area contributed by atoms with E-state index >= 15 is 0 Å². The van der Waals surface area contributed by atoms with E-state index in [0.717, 1.165) is 17.0 Å². The molecule has 3 aromatic rings. The fourth-order valence-electron chi connectivity index (χ4n) is 4.18. The maximum atomic E-state index is 13.6. The Hall–Kier alpha value is -2.78. The third-order valence-corrected chi connectivity index (χ3v) is 8.79. The molecule has 1 aliphatic heterocycles. The summed E-state index contributed by atoms with van der Waals surface area (Å²) in [4.78, 5) is 17.4. The molecule has 0 bridgehead atoms. The van der Waals surface area contributed by atoms with Crippen LogP contribution in [0.25, 0.3) is 0 Å². The van der Waals surface area contributed by atoms with Crippen LogP contribution in [0.1, 0.15) is 11.1 Å². The summed E-state index contributed by atoms with van der Waals surface area (Å²) in [7, 11) is -2.34. The summed E-state index contributed by atoms with van der Waals surface area (Å²) in [5.74, 6) is 0.531. The molecule has 0 aromatic heterocycles. The van der Waals surface area contributed by atoms with Gasteiger partial charge in [-0.2, -0.15) is 4.31 Å². The highest BCUT2D eigenvalue weighted by Crippen LogP contribution is 2.26. The second-order valence-corrected chi connectivity index (χ2v) is 11.7. The van der Waals surface area contributed by atoms with Gasteiger partial charge in [-0.25, -0.2) is 8.42 Å². The molecule has 1 fully saturated rings. The van der Waals surface area contributed by atoms with Gasteiger partial charge in [-0.15, -0.1) is 0 Å². The maximum Gasteiger partial charge on any atom is 0.243 e. The Morgan fingerprint density at radius 3 is 2.19 bits per heavy atom. The standard InChI is InChI=1S/C27H29Cl2N3O4S/c1-20-3-11-25(12-4-20)37(34,35)32(18-21-5-6-22(28)17-26(21)29)19-27(33)31-15-13-30(14-16-31)23-7-9-24(36-2)10-8-23/h3-12,17H,13-16,18-19H2,1-2H3. The van der Waals surface area contributed by atoms with Gasteiger partial charge in [0.25, 0.3) is 0 Å². The monoisotopic (exact) mass is 561 g/mol. The van der Waals surface area contributed by atoms with Crippen LogP contribution >= 0.6 is 23.2 Å². The first-order valence-corrected chi connectivity index (χ1v) is 14.0. The van der Waals surface area contributed by atoms with Gasteiger partial charge >= 0.3 is 0 Å². The van der Waals surface area contributed by atoms with Crippen LogP contribution in [0.3, 0.4) is 0 Å². The highest BCUT2D eigenvalue weighted by molar-refractivity contribution is 7.89. The minimum atomic E-state index is -3.97. The van der Waals surface area contributed by atoms with Crippen LogP contribution in [0.2, 0.25) is 10.0 Å². The van der Waals surface area contributed by atoms with E-state index in [1.54, 1.807) is 54.5 Å². The summed E-state index contributed by atoms with van der Waals surface area (Å²) in [6.45, 7) is 3.81. The number of amides is 1. The molecule has 7 nitrogen and oxygen atoms in total. The van der Waals surface area contributed by atoms with Crippen molar-refractivity contribution in [3.05, 3.63) is 87.9 Å². The summed E-state index contributed by atoms with van der Waals surface area (Å²) in [6, 6.07) is 19.3. The number of carbonyl (C=O) groups is 1. The van der Waals surface area contributed by atoms with E-state index in [9.17, 15) is 13.2 Å². The molecule has 3 aromatic carbocycles. The van der Waals surface area contributed by atoms with Crippen molar-refractivity contribution in [3.63, 3.8) is 0 Å². The van der Waals surface area contributed by atoms with Gasteiger partial charge in [0.05, 0.1) is 18.6 Å². The van der Waals surface area contributed by atoms with Gasteiger partial charge in [0, 0.05) is 48.5 Å². The van der Waals surface area contributed by atoms with Crippen LogP contribution < -0.4 is 9.64 Å². The number of methoxy groups -OCH3 is 1. The minimum Gasteiger partial charge on any atom is -0.497 e. The first-order chi connectivity index (χ1) is 17.7. The zero-order chi connectivity index (χ0) is 26.6. The SMILES string of the molecule is COc1ccc(N2CCN(C(=O)CN(Cc3ccc(Cl)cc3Cl)S(=O)(=O)c3ccc(C)cc3)CC2)cc1. The lowest BCUT2D eigenvalue weighted by Gasteiger charge is -2.37. The number of benzene rings is 3. The van der Waals surface area contributed by atoms with E-state index in [4.69, 9.17) is 27.9 Å². The third-order valence-electron chi connectivity index (χ3n) is 6.40. The zero-order valence-corrected chi connectivity index (χ0v) is 23.1. The molecular weight excluding hydrogens is 533 g/mol. The topological polar surface area (TPSA) is 70.2 Å². The first-order valence-electron chi connectivity index (χ1n) is 11.8. The van der Waals surface area contributed by atoms with Crippen molar-refractivity contribution in [2.45, 2.75) is 18.4 Å². The molecule has 1 aliphatic rings. The van der Waals surface area contributed by atoms with Crippen LogP contribution in [0, 0.1) is 6.92 Å². The summed E-state index contributed by atoms with van der Waals surface area (Å²) in [6.07, 6.45) is 0. The van der Waals surface area contributed by atoms with E-state index in [2.05, 4.69) is 4.90 Å². The van der Waals surface area contributed by atoms with Crippen LogP contribution in [0.4, 0.5) is 5.69 Å². The van der Waals surface area contributed by atoms with Crippen molar-refractivity contribution >= 4 is 44.8 Å². The Morgan fingerprint density at radius 1 is 0.946 bits per heavy atom. The summed E-state index contributed by atoms with van der Waals surface area (Å²) in [5.41, 5.74) is 2.56. The third kappa shape index (κ3) is 6.57. The molecule has 0 saturated carbocycles. The molecule has 4 rings (SSSR count). The number of rotatable bonds is 8. The number of anilines is 1. The van der Waals surface area contributed by atoms with Crippen LogP contribution in [0.5, 0.6) is 5.75 Å². The summed E-state index contributed by atoms with van der Waals surface area (Å²) in [5, 5.41) is 0.796. The largest absolute Gasteiger partial charge is 0.497 e. The normalized spacial score (nSPS) is 14.2. The Kier molecular flexibility index (Phi) is 8.64. The number of carbonyl (C=O) groups excluding carboxylic acids is 1. The molecule has 196 valence electrons. The number of sulfonamides is 1. The lowest BCUT2D eigenvalue weighted by Crippen LogP contribution is -2.51. The zero-order valence-electron chi connectivity index (χ0n) is 20.7. The quantitative estimate of drug-likeness (QED) is 0.393. The summed E-state index contributed by atoms with van der Waals surface area (Å²) < 4.78 is 33.6. The first kappa shape index (κ1) is 27.3. The second kappa shape index (κ2) is 11.7. The molecule has 1 heterocycles. The fraction of sp³-hybridized carbons (Fsp3) is 0.296. The predicted octanol–water partition coefficient (Wildman–Crippen LogP) is 4.85. The van der Waals surface area contributed by atoms with Crippen molar-refractivity contribution < 1.29 is 17.9 Å². The minimum absolute atomic E-state index is 0.0518. The molecule has 0 atom stereocenters. The Labute approximate surface area is 228 Å². The van der Waals surface area contributed by atoms with Gasteiger partial charge in [-0.3, -0.25) is 4.79 Å². The number of aryl methyl sites for hydroxylation is 1. The van der Waals surface area contributed by atoms with E-state index < -0.39 is 10.0 Å². The lowest BCUT2D eigenvalue weighted by atomic mass is 10.2.